The lowest BCUT2D eigenvalue weighted by Crippen LogP contribution is -2.39. The van der Waals surface area contributed by atoms with Crippen molar-refractivity contribution >= 4 is 5.97 Å². The van der Waals surface area contributed by atoms with Crippen LogP contribution in [0.15, 0.2) is 16.7 Å². The van der Waals surface area contributed by atoms with Crippen LogP contribution in [-0.2, 0) is 6.54 Å². The minimum Gasteiger partial charge on any atom is -0.475 e. The van der Waals surface area contributed by atoms with Gasteiger partial charge in [0.25, 0.3) is 0 Å². The molecule has 1 atom stereocenters. The quantitative estimate of drug-likeness (QED) is 0.835. The van der Waals surface area contributed by atoms with Gasteiger partial charge in [0.1, 0.15) is 0 Å². The first-order valence-corrected chi connectivity index (χ1v) is 6.37. The van der Waals surface area contributed by atoms with E-state index in [0.717, 1.165) is 25.8 Å². The zero-order valence-electron chi connectivity index (χ0n) is 10.3. The standard InChI is InChI=1S/C13H19NO4/c15-7-4-11-3-1-2-6-14(11)9-10-5-8-18-12(10)13(16)17/h5,8,11,15H,1-4,6-7,9H2,(H,16,17). The molecule has 5 nitrogen and oxygen atoms in total. The van der Waals surface area contributed by atoms with Crippen LogP contribution in [0.3, 0.4) is 0 Å². The number of aliphatic hydroxyl groups is 1. The summed E-state index contributed by atoms with van der Waals surface area (Å²) in [6, 6.07) is 2.06. The first-order valence-electron chi connectivity index (χ1n) is 6.37. The lowest BCUT2D eigenvalue weighted by atomic mass is 9.99. The molecule has 1 aliphatic heterocycles. The molecule has 2 heterocycles. The second kappa shape index (κ2) is 6.02. The predicted octanol–water partition coefficient (Wildman–Crippen LogP) is 1.71. The van der Waals surface area contributed by atoms with E-state index in [4.69, 9.17) is 14.6 Å². The van der Waals surface area contributed by atoms with E-state index in [1.807, 2.05) is 0 Å². The smallest absolute Gasteiger partial charge is 0.372 e. The molecule has 1 aromatic rings. The minimum atomic E-state index is -1.02. The van der Waals surface area contributed by atoms with Crippen LogP contribution in [0.4, 0.5) is 0 Å². The van der Waals surface area contributed by atoms with Crippen LogP contribution >= 0.6 is 0 Å². The van der Waals surface area contributed by atoms with Crippen LogP contribution in [0.2, 0.25) is 0 Å². The molecule has 1 aromatic heterocycles. The topological polar surface area (TPSA) is 73.9 Å². The monoisotopic (exact) mass is 253 g/mol. The van der Waals surface area contributed by atoms with Gasteiger partial charge in [0.05, 0.1) is 6.26 Å². The Balaban J connectivity index is 2.06. The third kappa shape index (κ3) is 2.91. The number of aromatic carboxylic acids is 1. The van der Waals surface area contributed by atoms with Crippen molar-refractivity contribution in [3.05, 3.63) is 23.7 Å². The third-order valence-corrected chi connectivity index (χ3v) is 3.53. The van der Waals surface area contributed by atoms with Gasteiger partial charge in [-0.2, -0.15) is 0 Å². The lowest BCUT2D eigenvalue weighted by molar-refractivity contribution is 0.0654. The second-order valence-electron chi connectivity index (χ2n) is 4.71. The van der Waals surface area contributed by atoms with Gasteiger partial charge >= 0.3 is 5.97 Å². The molecule has 1 fully saturated rings. The molecular formula is C13H19NO4. The van der Waals surface area contributed by atoms with Gasteiger partial charge in [-0.05, 0) is 31.9 Å². The molecule has 1 saturated heterocycles. The molecular weight excluding hydrogens is 234 g/mol. The molecule has 2 N–H and O–H groups in total. The summed E-state index contributed by atoms with van der Waals surface area (Å²) in [5, 5.41) is 18.1. The first-order chi connectivity index (χ1) is 8.72. The number of piperidine rings is 1. The number of furan rings is 1. The van der Waals surface area contributed by atoms with Gasteiger partial charge in [0.2, 0.25) is 5.76 Å². The van der Waals surface area contributed by atoms with Crippen molar-refractivity contribution in [3.63, 3.8) is 0 Å². The van der Waals surface area contributed by atoms with E-state index in [2.05, 4.69) is 4.90 Å². The Morgan fingerprint density at radius 1 is 1.50 bits per heavy atom. The molecule has 18 heavy (non-hydrogen) atoms. The molecule has 0 saturated carbocycles. The maximum absolute atomic E-state index is 11.0. The molecule has 0 spiro atoms. The van der Waals surface area contributed by atoms with Crippen LogP contribution in [0, 0.1) is 0 Å². The first kappa shape index (κ1) is 13.1. The number of hydrogen-bond acceptors (Lipinski definition) is 4. The number of aliphatic hydroxyl groups excluding tert-OH is 1. The zero-order chi connectivity index (χ0) is 13.0. The Hall–Kier alpha value is -1.33. The van der Waals surface area contributed by atoms with Gasteiger partial charge in [0, 0.05) is 24.8 Å². The Morgan fingerprint density at radius 2 is 2.33 bits per heavy atom. The van der Waals surface area contributed by atoms with Gasteiger partial charge in [-0.15, -0.1) is 0 Å². The molecule has 0 aromatic carbocycles. The van der Waals surface area contributed by atoms with Crippen molar-refractivity contribution in [2.75, 3.05) is 13.2 Å². The summed E-state index contributed by atoms with van der Waals surface area (Å²) in [5.74, 6) is -0.992. The fourth-order valence-electron chi connectivity index (χ4n) is 2.61. The third-order valence-electron chi connectivity index (χ3n) is 3.53. The fraction of sp³-hybridized carbons (Fsp3) is 0.615. The highest BCUT2D eigenvalue weighted by molar-refractivity contribution is 5.86. The van der Waals surface area contributed by atoms with Crippen molar-refractivity contribution in [2.45, 2.75) is 38.3 Å². The van der Waals surface area contributed by atoms with E-state index in [1.165, 1.54) is 12.7 Å². The maximum Gasteiger partial charge on any atom is 0.372 e. The molecule has 5 heteroatoms. The van der Waals surface area contributed by atoms with Crippen LogP contribution < -0.4 is 0 Å². The van der Waals surface area contributed by atoms with E-state index in [0.29, 0.717) is 18.2 Å². The van der Waals surface area contributed by atoms with E-state index >= 15 is 0 Å². The summed E-state index contributed by atoms with van der Waals surface area (Å²) in [6.45, 7) is 1.72. The van der Waals surface area contributed by atoms with Crippen molar-refractivity contribution < 1.29 is 19.4 Å². The molecule has 1 unspecified atom stereocenters. The SMILES string of the molecule is O=C(O)c1occc1CN1CCCCC1CCO. The van der Waals surface area contributed by atoms with E-state index in [1.54, 1.807) is 6.07 Å². The number of rotatable bonds is 5. The van der Waals surface area contributed by atoms with Crippen molar-refractivity contribution in [3.8, 4) is 0 Å². The predicted molar refractivity (Wildman–Crippen MR) is 65.4 cm³/mol. The minimum absolute atomic E-state index is 0.0309. The number of hydrogen-bond donors (Lipinski definition) is 2. The van der Waals surface area contributed by atoms with Crippen molar-refractivity contribution in [2.24, 2.45) is 0 Å². The summed E-state index contributed by atoms with van der Waals surface area (Å²) < 4.78 is 4.99. The van der Waals surface area contributed by atoms with E-state index in [9.17, 15) is 4.79 Å². The highest BCUT2D eigenvalue weighted by Gasteiger charge is 2.24. The normalized spacial score (nSPS) is 21.1. The average molecular weight is 253 g/mol. The number of carboxylic acid groups (broad SMARTS) is 1. The number of carbonyl (C=O) groups is 1. The van der Waals surface area contributed by atoms with Gasteiger partial charge in [0.15, 0.2) is 0 Å². The van der Waals surface area contributed by atoms with Gasteiger partial charge < -0.3 is 14.6 Å². The van der Waals surface area contributed by atoms with Gasteiger partial charge in [-0.1, -0.05) is 6.42 Å². The van der Waals surface area contributed by atoms with Crippen LogP contribution in [0.25, 0.3) is 0 Å². The highest BCUT2D eigenvalue weighted by atomic mass is 16.4. The number of likely N-dealkylation sites (tertiary alicyclic amines) is 1. The van der Waals surface area contributed by atoms with E-state index in [-0.39, 0.29) is 12.4 Å². The Bertz CT molecular complexity index is 399. The molecule has 100 valence electrons. The van der Waals surface area contributed by atoms with Crippen molar-refractivity contribution in [1.29, 1.82) is 0 Å². The second-order valence-corrected chi connectivity index (χ2v) is 4.71. The lowest BCUT2D eigenvalue weighted by Gasteiger charge is -2.35. The van der Waals surface area contributed by atoms with Crippen molar-refractivity contribution in [1.82, 2.24) is 4.90 Å². The molecule has 1 aliphatic rings. The molecule has 0 amide bonds. The summed E-state index contributed by atoms with van der Waals surface area (Å²) >= 11 is 0. The Labute approximate surface area is 106 Å². The summed E-state index contributed by atoms with van der Waals surface area (Å²) in [6.07, 6.45) is 5.55. The van der Waals surface area contributed by atoms with Gasteiger partial charge in [-0.3, -0.25) is 4.90 Å². The van der Waals surface area contributed by atoms with Crippen LogP contribution in [0.5, 0.6) is 0 Å². The molecule has 0 aliphatic carbocycles. The number of carboxylic acids is 1. The largest absolute Gasteiger partial charge is 0.475 e. The average Bonchev–Trinajstić information content (AvgIpc) is 2.80. The Morgan fingerprint density at radius 3 is 3.06 bits per heavy atom. The molecule has 0 bridgehead atoms. The Kier molecular flexibility index (Phi) is 4.38. The van der Waals surface area contributed by atoms with Gasteiger partial charge in [-0.25, -0.2) is 4.79 Å². The van der Waals surface area contributed by atoms with Crippen LogP contribution in [-0.4, -0.2) is 40.3 Å². The molecule has 0 radical (unpaired) electrons. The molecule has 2 rings (SSSR count). The zero-order valence-corrected chi connectivity index (χ0v) is 10.3. The van der Waals surface area contributed by atoms with Crippen LogP contribution in [0.1, 0.15) is 41.8 Å². The van der Waals surface area contributed by atoms with E-state index < -0.39 is 5.97 Å². The number of nitrogens with zero attached hydrogens (tertiary/aromatic N) is 1. The summed E-state index contributed by atoms with van der Waals surface area (Å²) in [5.41, 5.74) is 0.715. The highest BCUT2D eigenvalue weighted by Crippen LogP contribution is 2.23. The maximum atomic E-state index is 11.0. The summed E-state index contributed by atoms with van der Waals surface area (Å²) in [4.78, 5) is 13.2. The summed E-state index contributed by atoms with van der Waals surface area (Å²) in [7, 11) is 0. The fourth-order valence-corrected chi connectivity index (χ4v) is 2.61.